The SMILES string of the molecule is CS(=O)(=O)c1nc(O[C@H]2COC[C@H]2F)cc(N2CCC3(CCCC(=O)N3c3ccc(F)c(F)c3)CC2)n1. The van der Waals surface area contributed by atoms with Gasteiger partial charge in [-0.15, -0.1) is 0 Å². The first-order valence-electron chi connectivity index (χ1n) is 12.1. The zero-order valence-electron chi connectivity index (χ0n) is 20.2. The molecule has 2 atom stereocenters. The topological polar surface area (TPSA) is 102 Å². The van der Waals surface area contributed by atoms with Crippen LogP contribution < -0.4 is 14.5 Å². The van der Waals surface area contributed by atoms with Gasteiger partial charge >= 0.3 is 0 Å². The van der Waals surface area contributed by atoms with Crippen LogP contribution >= 0.6 is 0 Å². The van der Waals surface area contributed by atoms with Gasteiger partial charge in [-0.1, -0.05) is 0 Å². The first-order chi connectivity index (χ1) is 17.6. The Labute approximate surface area is 212 Å². The summed E-state index contributed by atoms with van der Waals surface area (Å²) in [6, 6.07) is 4.94. The normalized spacial score (nSPS) is 24.1. The van der Waals surface area contributed by atoms with E-state index in [1.54, 1.807) is 4.90 Å². The van der Waals surface area contributed by atoms with Gasteiger partial charge in [0.15, 0.2) is 23.9 Å². The van der Waals surface area contributed by atoms with Gasteiger partial charge in [0.25, 0.3) is 5.16 Å². The van der Waals surface area contributed by atoms with E-state index in [0.29, 0.717) is 56.7 Å². The molecule has 3 aliphatic rings. The summed E-state index contributed by atoms with van der Waals surface area (Å²) < 4.78 is 76.8. The molecule has 13 heteroatoms. The Morgan fingerprint density at radius 2 is 1.84 bits per heavy atom. The highest BCUT2D eigenvalue weighted by atomic mass is 32.2. The van der Waals surface area contributed by atoms with Crippen LogP contribution in [-0.2, 0) is 19.4 Å². The average Bonchev–Trinajstić information content (AvgIpc) is 3.25. The van der Waals surface area contributed by atoms with Crippen LogP contribution in [0.5, 0.6) is 5.88 Å². The van der Waals surface area contributed by atoms with E-state index in [1.165, 1.54) is 12.1 Å². The number of alkyl halides is 1. The summed E-state index contributed by atoms with van der Waals surface area (Å²) in [5, 5.41) is -0.439. The van der Waals surface area contributed by atoms with Gasteiger partial charge in [-0.2, -0.15) is 4.98 Å². The highest BCUT2D eigenvalue weighted by molar-refractivity contribution is 7.90. The predicted octanol–water partition coefficient (Wildman–Crippen LogP) is 2.83. The Kier molecular flexibility index (Phi) is 6.77. The monoisotopic (exact) mass is 540 g/mol. The van der Waals surface area contributed by atoms with E-state index in [0.717, 1.165) is 18.4 Å². The van der Waals surface area contributed by atoms with Gasteiger partial charge in [-0.3, -0.25) is 4.79 Å². The van der Waals surface area contributed by atoms with Crippen LogP contribution in [0.25, 0.3) is 0 Å². The van der Waals surface area contributed by atoms with Crippen molar-refractivity contribution in [3.05, 3.63) is 35.9 Å². The summed E-state index contributed by atoms with van der Waals surface area (Å²) in [5.74, 6) is -1.92. The maximum atomic E-state index is 14.0. The van der Waals surface area contributed by atoms with Gasteiger partial charge in [0.2, 0.25) is 21.6 Å². The van der Waals surface area contributed by atoms with Crippen LogP contribution in [0.15, 0.2) is 29.4 Å². The zero-order valence-corrected chi connectivity index (χ0v) is 21.0. The highest BCUT2D eigenvalue weighted by Gasteiger charge is 2.45. The third-order valence-corrected chi connectivity index (χ3v) is 8.02. The molecular weight excluding hydrogens is 513 g/mol. The maximum Gasteiger partial charge on any atom is 0.252 e. The standard InChI is InChI=1S/C24H27F3N4O5S/c1-37(33,34)23-28-20(12-21(29-23)36-19-14-35-13-18(19)27)30-9-7-24(8-10-30)6-2-3-22(32)31(24)15-4-5-16(25)17(26)11-15/h4-5,11-12,18-19H,2-3,6-10,13-14H2,1H3/t18-,19+/m1/s1. The molecule has 4 heterocycles. The number of ether oxygens (including phenoxy) is 2. The molecule has 5 rings (SSSR count). The Morgan fingerprint density at radius 3 is 2.49 bits per heavy atom. The van der Waals surface area contributed by atoms with Gasteiger partial charge in [0.1, 0.15) is 5.82 Å². The fourth-order valence-corrected chi connectivity index (χ4v) is 5.79. The number of halogens is 3. The maximum absolute atomic E-state index is 14.0. The fraction of sp³-hybridized carbons (Fsp3) is 0.542. The van der Waals surface area contributed by atoms with Crippen molar-refractivity contribution < 1.29 is 35.9 Å². The van der Waals surface area contributed by atoms with E-state index in [2.05, 4.69) is 9.97 Å². The first-order valence-corrected chi connectivity index (χ1v) is 14.0. The molecule has 3 aliphatic heterocycles. The number of piperidine rings is 2. The molecule has 37 heavy (non-hydrogen) atoms. The van der Waals surface area contributed by atoms with Crippen molar-refractivity contribution in [3.63, 3.8) is 0 Å². The number of sulfone groups is 1. The summed E-state index contributed by atoms with van der Waals surface area (Å²) in [5.41, 5.74) is -0.279. The van der Waals surface area contributed by atoms with Crippen LogP contribution in [-0.4, -0.2) is 74.7 Å². The predicted molar refractivity (Wildman–Crippen MR) is 127 cm³/mol. The third-order valence-electron chi connectivity index (χ3n) is 7.17. The second-order valence-corrected chi connectivity index (χ2v) is 11.6. The number of benzene rings is 1. The second kappa shape index (κ2) is 9.75. The number of hydrogen-bond donors (Lipinski definition) is 0. The number of nitrogens with zero attached hydrogens (tertiary/aromatic N) is 4. The number of rotatable bonds is 5. The average molecular weight is 541 g/mol. The molecule has 0 unspecified atom stereocenters. The smallest absolute Gasteiger partial charge is 0.252 e. The minimum absolute atomic E-state index is 0.0226. The largest absolute Gasteiger partial charge is 0.469 e. The van der Waals surface area contributed by atoms with Gasteiger partial charge in [0, 0.05) is 43.6 Å². The van der Waals surface area contributed by atoms with Crippen molar-refractivity contribution in [2.24, 2.45) is 0 Å². The van der Waals surface area contributed by atoms with Crippen LogP contribution in [0.3, 0.4) is 0 Å². The summed E-state index contributed by atoms with van der Waals surface area (Å²) >= 11 is 0. The second-order valence-electron chi connectivity index (χ2n) is 9.72. The van der Waals surface area contributed by atoms with E-state index in [-0.39, 0.29) is 25.0 Å². The zero-order chi connectivity index (χ0) is 26.4. The van der Waals surface area contributed by atoms with Crippen molar-refractivity contribution in [2.75, 3.05) is 42.4 Å². The molecule has 1 amide bonds. The molecule has 0 N–H and O–H groups in total. The molecular formula is C24H27F3N4O5S. The molecule has 0 radical (unpaired) electrons. The summed E-state index contributed by atoms with van der Waals surface area (Å²) in [4.78, 5) is 24.6. The number of carbonyl (C=O) groups is 1. The highest BCUT2D eigenvalue weighted by Crippen LogP contribution is 2.42. The summed E-state index contributed by atoms with van der Waals surface area (Å²) in [6.45, 7) is 0.731. The number of carbonyl (C=O) groups excluding carboxylic acids is 1. The number of hydrogen-bond acceptors (Lipinski definition) is 8. The van der Waals surface area contributed by atoms with Gasteiger partial charge in [-0.05, 0) is 37.8 Å². The lowest BCUT2D eigenvalue weighted by atomic mass is 9.78. The number of anilines is 2. The quantitative estimate of drug-likeness (QED) is 0.534. The molecule has 9 nitrogen and oxygen atoms in total. The van der Waals surface area contributed by atoms with Crippen LogP contribution in [0.4, 0.5) is 24.7 Å². The van der Waals surface area contributed by atoms with Crippen LogP contribution in [0.1, 0.15) is 32.1 Å². The van der Waals surface area contributed by atoms with Crippen LogP contribution in [0.2, 0.25) is 0 Å². The van der Waals surface area contributed by atoms with Crippen molar-refractivity contribution in [3.8, 4) is 5.88 Å². The molecule has 3 saturated heterocycles. The van der Waals surface area contributed by atoms with Gasteiger partial charge in [0.05, 0.1) is 18.8 Å². The van der Waals surface area contributed by atoms with E-state index in [9.17, 15) is 26.4 Å². The molecule has 1 spiro atoms. The summed E-state index contributed by atoms with van der Waals surface area (Å²) in [7, 11) is -3.79. The molecule has 0 bridgehead atoms. The van der Waals surface area contributed by atoms with Crippen molar-refractivity contribution in [2.45, 2.75) is 55.1 Å². The molecule has 0 aliphatic carbocycles. The lowest BCUT2D eigenvalue weighted by molar-refractivity contribution is -0.121. The first kappa shape index (κ1) is 25.7. The molecule has 2 aromatic rings. The Balaban J connectivity index is 1.41. The Morgan fingerprint density at radius 1 is 1.08 bits per heavy atom. The summed E-state index contributed by atoms with van der Waals surface area (Å²) in [6.07, 6.45) is 1.39. The van der Waals surface area contributed by atoms with Gasteiger partial charge in [-0.25, -0.2) is 26.6 Å². The minimum Gasteiger partial charge on any atom is -0.469 e. The van der Waals surface area contributed by atoms with Gasteiger partial charge < -0.3 is 19.3 Å². The van der Waals surface area contributed by atoms with E-state index < -0.39 is 44.4 Å². The molecule has 0 saturated carbocycles. The molecule has 200 valence electrons. The van der Waals surface area contributed by atoms with Crippen molar-refractivity contribution in [1.29, 1.82) is 0 Å². The lowest BCUT2D eigenvalue weighted by Gasteiger charge is -2.51. The minimum atomic E-state index is -3.79. The Hall–Kier alpha value is -2.93. The van der Waals surface area contributed by atoms with Crippen LogP contribution in [0, 0.1) is 11.6 Å². The number of aromatic nitrogens is 2. The van der Waals surface area contributed by atoms with Crippen molar-refractivity contribution >= 4 is 27.2 Å². The number of amides is 1. The lowest BCUT2D eigenvalue weighted by Crippen LogP contribution is -2.60. The molecule has 1 aromatic heterocycles. The van der Waals surface area contributed by atoms with E-state index >= 15 is 0 Å². The molecule has 3 fully saturated rings. The molecule has 1 aromatic carbocycles. The fourth-order valence-electron chi connectivity index (χ4n) is 5.28. The third kappa shape index (κ3) is 5.11. The van der Waals surface area contributed by atoms with E-state index in [1.807, 2.05) is 4.90 Å². The van der Waals surface area contributed by atoms with E-state index in [4.69, 9.17) is 9.47 Å². The Bertz CT molecular complexity index is 1300. The van der Waals surface area contributed by atoms with Crippen molar-refractivity contribution in [1.82, 2.24) is 9.97 Å².